The number of amides is 2. The van der Waals surface area contributed by atoms with E-state index >= 15 is 0 Å². The highest BCUT2D eigenvalue weighted by Gasteiger charge is 2.27. The largest absolute Gasteiger partial charge is 0.356 e. The lowest BCUT2D eigenvalue weighted by atomic mass is 9.95. The number of unbranched alkanes of at least 4 members (excludes halogenated alkanes) is 1. The SMILES string of the molecule is CCCCNC(=O)C1CCN(C(=O)c2cccs2)CC1. The molecule has 2 heterocycles. The van der Waals surface area contributed by atoms with Gasteiger partial charge in [0.25, 0.3) is 5.91 Å². The quantitative estimate of drug-likeness (QED) is 0.848. The Kier molecular flexibility index (Phi) is 5.59. The minimum atomic E-state index is 0.0687. The molecule has 1 N–H and O–H groups in total. The molecule has 0 bridgehead atoms. The Hall–Kier alpha value is -1.36. The fourth-order valence-corrected chi connectivity index (χ4v) is 3.12. The molecule has 1 aliphatic rings. The number of carbonyl (C=O) groups is 2. The zero-order valence-corrected chi connectivity index (χ0v) is 12.7. The molecule has 0 radical (unpaired) electrons. The van der Waals surface area contributed by atoms with Crippen LogP contribution < -0.4 is 5.32 Å². The Morgan fingerprint density at radius 1 is 1.40 bits per heavy atom. The first-order valence-corrected chi connectivity index (χ1v) is 8.20. The highest BCUT2D eigenvalue weighted by molar-refractivity contribution is 7.12. The third kappa shape index (κ3) is 3.82. The highest BCUT2D eigenvalue weighted by atomic mass is 32.1. The minimum absolute atomic E-state index is 0.0687. The number of thiophene rings is 1. The van der Waals surface area contributed by atoms with Crippen LogP contribution in [0, 0.1) is 5.92 Å². The first kappa shape index (κ1) is 15.0. The van der Waals surface area contributed by atoms with Gasteiger partial charge in [-0.3, -0.25) is 9.59 Å². The van der Waals surface area contributed by atoms with Gasteiger partial charge >= 0.3 is 0 Å². The number of hydrogen-bond acceptors (Lipinski definition) is 3. The third-order valence-corrected chi connectivity index (χ3v) is 4.57. The van der Waals surface area contributed by atoms with Crippen LogP contribution in [-0.4, -0.2) is 36.3 Å². The van der Waals surface area contributed by atoms with Gasteiger partial charge in [0.05, 0.1) is 4.88 Å². The van der Waals surface area contributed by atoms with Crippen molar-refractivity contribution in [2.24, 2.45) is 5.92 Å². The summed E-state index contributed by atoms with van der Waals surface area (Å²) < 4.78 is 0. The van der Waals surface area contributed by atoms with E-state index in [1.54, 1.807) is 0 Å². The summed E-state index contributed by atoms with van der Waals surface area (Å²) in [6.45, 7) is 4.25. The monoisotopic (exact) mass is 294 g/mol. The number of likely N-dealkylation sites (tertiary alicyclic amines) is 1. The van der Waals surface area contributed by atoms with Gasteiger partial charge in [0, 0.05) is 25.6 Å². The lowest BCUT2D eigenvalue weighted by Crippen LogP contribution is -2.43. The van der Waals surface area contributed by atoms with E-state index in [-0.39, 0.29) is 17.7 Å². The van der Waals surface area contributed by atoms with E-state index in [4.69, 9.17) is 0 Å². The lowest BCUT2D eigenvalue weighted by molar-refractivity contribution is -0.126. The van der Waals surface area contributed by atoms with E-state index in [0.29, 0.717) is 13.1 Å². The first-order chi connectivity index (χ1) is 9.72. The Bertz CT molecular complexity index is 437. The van der Waals surface area contributed by atoms with Gasteiger partial charge in [-0.15, -0.1) is 11.3 Å². The van der Waals surface area contributed by atoms with E-state index in [9.17, 15) is 9.59 Å². The molecular formula is C15H22N2O2S. The molecule has 0 aliphatic carbocycles. The summed E-state index contributed by atoms with van der Waals surface area (Å²) in [4.78, 5) is 26.8. The van der Waals surface area contributed by atoms with Crippen molar-refractivity contribution in [1.29, 1.82) is 0 Å². The van der Waals surface area contributed by atoms with Crippen molar-refractivity contribution in [2.75, 3.05) is 19.6 Å². The number of piperidine rings is 1. The van der Waals surface area contributed by atoms with Gasteiger partial charge in [-0.05, 0) is 30.7 Å². The van der Waals surface area contributed by atoms with Crippen LogP contribution in [0.15, 0.2) is 17.5 Å². The number of hydrogen-bond donors (Lipinski definition) is 1. The molecule has 2 rings (SSSR count). The molecule has 1 aromatic heterocycles. The molecule has 0 spiro atoms. The van der Waals surface area contributed by atoms with Crippen LogP contribution in [0.1, 0.15) is 42.3 Å². The van der Waals surface area contributed by atoms with Crippen LogP contribution in [0.3, 0.4) is 0 Å². The molecule has 110 valence electrons. The van der Waals surface area contributed by atoms with E-state index in [1.165, 1.54) is 11.3 Å². The number of rotatable bonds is 5. The van der Waals surface area contributed by atoms with Crippen LogP contribution in [0.4, 0.5) is 0 Å². The van der Waals surface area contributed by atoms with Crippen LogP contribution in [0.5, 0.6) is 0 Å². The third-order valence-electron chi connectivity index (χ3n) is 3.71. The summed E-state index contributed by atoms with van der Waals surface area (Å²) >= 11 is 1.47. The molecule has 0 atom stereocenters. The molecule has 0 aromatic carbocycles. The second-order valence-electron chi connectivity index (χ2n) is 5.19. The lowest BCUT2D eigenvalue weighted by Gasteiger charge is -2.31. The van der Waals surface area contributed by atoms with Gasteiger partial charge in [0.2, 0.25) is 5.91 Å². The van der Waals surface area contributed by atoms with E-state index in [1.807, 2.05) is 22.4 Å². The maximum Gasteiger partial charge on any atom is 0.263 e. The fraction of sp³-hybridized carbons (Fsp3) is 0.600. The molecule has 2 amide bonds. The average molecular weight is 294 g/mol. The number of nitrogens with one attached hydrogen (secondary N) is 1. The summed E-state index contributed by atoms with van der Waals surface area (Å²) in [6, 6.07) is 3.75. The molecule has 4 nitrogen and oxygen atoms in total. The zero-order valence-electron chi connectivity index (χ0n) is 11.9. The molecule has 1 fully saturated rings. The standard InChI is InChI=1S/C15H22N2O2S/c1-2-3-8-16-14(18)12-6-9-17(10-7-12)15(19)13-5-4-11-20-13/h4-5,11-12H,2-3,6-10H2,1H3,(H,16,18). The maximum absolute atomic E-state index is 12.2. The minimum Gasteiger partial charge on any atom is -0.356 e. The molecule has 5 heteroatoms. The fourth-order valence-electron chi connectivity index (χ4n) is 2.43. The van der Waals surface area contributed by atoms with E-state index in [2.05, 4.69) is 12.2 Å². The van der Waals surface area contributed by atoms with Crippen molar-refractivity contribution in [2.45, 2.75) is 32.6 Å². The van der Waals surface area contributed by atoms with Crippen LogP contribution >= 0.6 is 11.3 Å². The molecule has 1 aliphatic heterocycles. The van der Waals surface area contributed by atoms with Gasteiger partial charge in [0.15, 0.2) is 0 Å². The van der Waals surface area contributed by atoms with E-state index < -0.39 is 0 Å². The average Bonchev–Trinajstić information content (AvgIpc) is 3.01. The van der Waals surface area contributed by atoms with Gasteiger partial charge in [-0.1, -0.05) is 19.4 Å². The summed E-state index contributed by atoms with van der Waals surface area (Å²) in [5.74, 6) is 0.325. The molecular weight excluding hydrogens is 272 g/mol. The summed E-state index contributed by atoms with van der Waals surface area (Å²) in [5, 5.41) is 4.90. The van der Waals surface area contributed by atoms with Crippen molar-refractivity contribution in [3.8, 4) is 0 Å². The van der Waals surface area contributed by atoms with Gasteiger partial charge in [-0.2, -0.15) is 0 Å². The molecule has 1 saturated heterocycles. The number of nitrogens with zero attached hydrogens (tertiary/aromatic N) is 1. The predicted octanol–water partition coefficient (Wildman–Crippen LogP) is 2.52. The Morgan fingerprint density at radius 3 is 2.75 bits per heavy atom. The van der Waals surface area contributed by atoms with Crippen molar-refractivity contribution < 1.29 is 9.59 Å². The predicted molar refractivity (Wildman–Crippen MR) is 80.9 cm³/mol. The summed E-state index contributed by atoms with van der Waals surface area (Å²) in [5.41, 5.74) is 0. The van der Waals surface area contributed by atoms with Crippen molar-refractivity contribution in [1.82, 2.24) is 10.2 Å². The Balaban J connectivity index is 1.77. The topological polar surface area (TPSA) is 49.4 Å². The van der Waals surface area contributed by atoms with Gasteiger partial charge in [-0.25, -0.2) is 0 Å². The van der Waals surface area contributed by atoms with Crippen LogP contribution in [0.2, 0.25) is 0 Å². The highest BCUT2D eigenvalue weighted by Crippen LogP contribution is 2.20. The Labute approximate surface area is 124 Å². The second kappa shape index (κ2) is 7.43. The van der Waals surface area contributed by atoms with Gasteiger partial charge in [0.1, 0.15) is 0 Å². The van der Waals surface area contributed by atoms with Crippen molar-refractivity contribution in [3.05, 3.63) is 22.4 Å². The first-order valence-electron chi connectivity index (χ1n) is 7.33. The molecule has 1 aromatic rings. The zero-order chi connectivity index (χ0) is 14.4. The maximum atomic E-state index is 12.2. The summed E-state index contributed by atoms with van der Waals surface area (Å²) in [7, 11) is 0. The van der Waals surface area contributed by atoms with E-state index in [0.717, 1.165) is 37.1 Å². The normalized spacial score (nSPS) is 16.1. The molecule has 0 saturated carbocycles. The summed E-state index contributed by atoms with van der Waals surface area (Å²) in [6.07, 6.45) is 3.67. The smallest absolute Gasteiger partial charge is 0.263 e. The van der Waals surface area contributed by atoms with Crippen LogP contribution in [-0.2, 0) is 4.79 Å². The van der Waals surface area contributed by atoms with Gasteiger partial charge < -0.3 is 10.2 Å². The number of carbonyl (C=O) groups excluding carboxylic acids is 2. The van der Waals surface area contributed by atoms with Crippen molar-refractivity contribution in [3.63, 3.8) is 0 Å². The molecule has 0 unspecified atom stereocenters. The van der Waals surface area contributed by atoms with Crippen LogP contribution in [0.25, 0.3) is 0 Å². The van der Waals surface area contributed by atoms with Crippen molar-refractivity contribution >= 4 is 23.2 Å². The second-order valence-corrected chi connectivity index (χ2v) is 6.14. The Morgan fingerprint density at radius 2 is 2.15 bits per heavy atom. The molecule has 20 heavy (non-hydrogen) atoms.